The Morgan fingerprint density at radius 1 is 1.09 bits per heavy atom. The van der Waals surface area contributed by atoms with Gasteiger partial charge in [-0.3, -0.25) is 4.79 Å². The number of amides is 1. The van der Waals surface area contributed by atoms with E-state index in [0.29, 0.717) is 30.0 Å². The van der Waals surface area contributed by atoms with Gasteiger partial charge in [0.1, 0.15) is 0 Å². The third-order valence-electron chi connectivity index (χ3n) is 6.64. The lowest BCUT2D eigenvalue weighted by atomic mass is 9.89. The molecule has 32 heavy (non-hydrogen) atoms. The van der Waals surface area contributed by atoms with E-state index in [1.165, 1.54) is 28.3 Å². The van der Waals surface area contributed by atoms with Crippen LogP contribution in [0.3, 0.4) is 0 Å². The number of benzene rings is 2. The Morgan fingerprint density at radius 3 is 2.56 bits per heavy atom. The molecule has 0 aromatic heterocycles. The second-order valence-electron chi connectivity index (χ2n) is 9.05. The molecule has 0 unspecified atom stereocenters. The fraction of sp³-hybridized carbons (Fsp3) is 0.480. The maximum absolute atomic E-state index is 13.0. The Hall–Kier alpha value is -1.89. The molecule has 172 valence electrons. The van der Waals surface area contributed by atoms with E-state index in [4.69, 9.17) is 11.6 Å². The number of fused-ring (bicyclic) bond motifs is 1. The number of hydrogen-bond acceptors (Lipinski definition) is 3. The van der Waals surface area contributed by atoms with Crippen LogP contribution >= 0.6 is 11.6 Å². The molecule has 0 saturated carbocycles. The van der Waals surface area contributed by atoms with Crippen LogP contribution in [0, 0.1) is 5.92 Å². The molecule has 1 N–H and O–H groups in total. The molecule has 0 spiro atoms. The molecular formula is C25H31ClN2O3S. The Labute approximate surface area is 196 Å². The zero-order valence-electron chi connectivity index (χ0n) is 18.5. The first-order valence-electron chi connectivity index (χ1n) is 11.5. The lowest BCUT2D eigenvalue weighted by molar-refractivity contribution is -0.126. The number of halogens is 1. The van der Waals surface area contributed by atoms with Crippen LogP contribution in [0.25, 0.3) is 0 Å². The topological polar surface area (TPSA) is 66.5 Å². The number of sulfonamides is 1. The van der Waals surface area contributed by atoms with Crippen LogP contribution in [-0.2, 0) is 33.4 Å². The Bertz CT molecular complexity index is 1070. The summed E-state index contributed by atoms with van der Waals surface area (Å²) in [5.74, 6) is -0.477. The predicted molar refractivity (Wildman–Crippen MR) is 128 cm³/mol. The number of piperidine rings is 1. The third kappa shape index (κ3) is 5.53. The maximum atomic E-state index is 13.0. The molecule has 1 saturated heterocycles. The van der Waals surface area contributed by atoms with Gasteiger partial charge in [-0.2, -0.15) is 0 Å². The molecule has 1 fully saturated rings. The van der Waals surface area contributed by atoms with E-state index in [2.05, 4.69) is 23.5 Å². The molecule has 4 rings (SSSR count). The molecule has 1 heterocycles. The molecule has 1 aliphatic carbocycles. The highest BCUT2D eigenvalue weighted by molar-refractivity contribution is 7.88. The normalized spacial score (nSPS) is 20.4. The van der Waals surface area contributed by atoms with E-state index in [9.17, 15) is 13.2 Å². The summed E-state index contributed by atoms with van der Waals surface area (Å²) in [6.45, 7) is 2.69. The fourth-order valence-electron chi connectivity index (χ4n) is 4.73. The first-order valence-corrected chi connectivity index (χ1v) is 13.4. The van der Waals surface area contributed by atoms with Gasteiger partial charge in [0.25, 0.3) is 0 Å². The van der Waals surface area contributed by atoms with Gasteiger partial charge in [-0.15, -0.1) is 0 Å². The number of nitrogens with one attached hydrogen (secondary N) is 1. The molecule has 7 heteroatoms. The number of carbonyl (C=O) groups excluding carboxylic acids is 1. The quantitative estimate of drug-likeness (QED) is 0.663. The summed E-state index contributed by atoms with van der Waals surface area (Å²) in [5, 5.41) is 3.70. The van der Waals surface area contributed by atoms with Gasteiger partial charge in [-0.1, -0.05) is 41.9 Å². The number of rotatable bonds is 6. The van der Waals surface area contributed by atoms with Crippen molar-refractivity contribution in [3.05, 3.63) is 69.7 Å². The highest BCUT2D eigenvalue weighted by atomic mass is 35.5. The van der Waals surface area contributed by atoms with Crippen LogP contribution in [0.1, 0.15) is 60.9 Å². The van der Waals surface area contributed by atoms with Gasteiger partial charge in [0, 0.05) is 18.1 Å². The minimum Gasteiger partial charge on any atom is -0.349 e. The van der Waals surface area contributed by atoms with Crippen molar-refractivity contribution in [3.8, 4) is 0 Å². The average molecular weight is 475 g/mol. The second kappa shape index (κ2) is 9.94. The number of nitrogens with zero attached hydrogens (tertiary/aromatic N) is 1. The zero-order chi connectivity index (χ0) is 22.7. The molecule has 1 aliphatic heterocycles. The van der Waals surface area contributed by atoms with Gasteiger partial charge in [-0.25, -0.2) is 12.7 Å². The first-order chi connectivity index (χ1) is 15.3. The lowest BCUT2D eigenvalue weighted by Gasteiger charge is -2.32. The number of aryl methyl sites for hydroxylation is 2. The van der Waals surface area contributed by atoms with Crippen molar-refractivity contribution in [1.29, 1.82) is 0 Å². The van der Waals surface area contributed by atoms with Crippen LogP contribution in [0.2, 0.25) is 5.02 Å². The Balaban J connectivity index is 1.38. The predicted octanol–water partition coefficient (Wildman–Crippen LogP) is 4.64. The van der Waals surface area contributed by atoms with Crippen molar-refractivity contribution >= 4 is 27.5 Å². The van der Waals surface area contributed by atoms with E-state index in [-0.39, 0.29) is 30.2 Å². The third-order valence-corrected chi connectivity index (χ3v) is 8.71. The Kier molecular flexibility index (Phi) is 7.23. The van der Waals surface area contributed by atoms with Crippen LogP contribution in [-0.4, -0.2) is 31.7 Å². The summed E-state index contributed by atoms with van der Waals surface area (Å²) in [6.07, 6.45) is 6.10. The zero-order valence-corrected chi connectivity index (χ0v) is 20.1. The van der Waals surface area contributed by atoms with E-state index in [0.717, 1.165) is 18.4 Å². The van der Waals surface area contributed by atoms with Gasteiger partial charge >= 0.3 is 0 Å². The molecule has 0 bridgehead atoms. The Morgan fingerprint density at radius 2 is 1.81 bits per heavy atom. The van der Waals surface area contributed by atoms with Gasteiger partial charge < -0.3 is 5.32 Å². The molecule has 2 aromatic carbocycles. The van der Waals surface area contributed by atoms with Crippen molar-refractivity contribution < 1.29 is 13.2 Å². The molecule has 5 nitrogen and oxygen atoms in total. The number of carbonyl (C=O) groups is 1. The summed E-state index contributed by atoms with van der Waals surface area (Å²) in [7, 11) is -3.50. The van der Waals surface area contributed by atoms with E-state index in [1.54, 1.807) is 24.3 Å². The maximum Gasteiger partial charge on any atom is 0.224 e. The average Bonchev–Trinajstić information content (AvgIpc) is 2.80. The molecule has 0 radical (unpaired) electrons. The standard InChI is InChI=1S/C25H31ClN2O3S/c1-18(21-11-10-20-5-2-3-6-22(20)15-21)27-25(29)23-7-4-14-28(16-23)32(30,31)17-19-8-12-24(26)13-9-19/h8-13,15,18,23H,2-7,14,16-17H2,1H3,(H,27,29)/t18-,23+/m0/s1. The minimum absolute atomic E-state index is 0.0680. The van der Waals surface area contributed by atoms with Gasteiger partial charge in [0.2, 0.25) is 15.9 Å². The van der Waals surface area contributed by atoms with Crippen molar-refractivity contribution in [2.24, 2.45) is 5.92 Å². The summed E-state index contributed by atoms with van der Waals surface area (Å²) in [6, 6.07) is 13.3. The van der Waals surface area contributed by atoms with Crippen LogP contribution in [0.5, 0.6) is 0 Å². The van der Waals surface area contributed by atoms with Crippen molar-refractivity contribution in [3.63, 3.8) is 0 Å². The van der Waals surface area contributed by atoms with Crippen LogP contribution < -0.4 is 5.32 Å². The fourth-order valence-corrected chi connectivity index (χ4v) is 6.47. The molecule has 1 amide bonds. The molecule has 2 aromatic rings. The highest BCUT2D eigenvalue weighted by Gasteiger charge is 2.33. The van der Waals surface area contributed by atoms with Gasteiger partial charge in [0.05, 0.1) is 17.7 Å². The smallest absolute Gasteiger partial charge is 0.224 e. The summed E-state index contributed by atoms with van der Waals surface area (Å²) >= 11 is 5.90. The molecule has 2 aliphatic rings. The largest absolute Gasteiger partial charge is 0.349 e. The van der Waals surface area contributed by atoms with Crippen LogP contribution in [0.15, 0.2) is 42.5 Å². The van der Waals surface area contributed by atoms with Crippen molar-refractivity contribution in [2.45, 2.75) is 57.2 Å². The lowest BCUT2D eigenvalue weighted by Crippen LogP contribution is -2.46. The summed E-state index contributed by atoms with van der Waals surface area (Å²) in [4.78, 5) is 13.0. The van der Waals surface area contributed by atoms with Gasteiger partial charge in [-0.05, 0) is 79.8 Å². The highest BCUT2D eigenvalue weighted by Crippen LogP contribution is 2.26. The second-order valence-corrected chi connectivity index (χ2v) is 11.5. The summed E-state index contributed by atoms with van der Waals surface area (Å²) in [5.41, 5.74) is 4.63. The number of hydrogen-bond donors (Lipinski definition) is 1. The summed E-state index contributed by atoms with van der Waals surface area (Å²) < 4.78 is 27.4. The van der Waals surface area contributed by atoms with Crippen molar-refractivity contribution in [1.82, 2.24) is 9.62 Å². The molecular weight excluding hydrogens is 444 g/mol. The molecule has 2 atom stereocenters. The monoisotopic (exact) mass is 474 g/mol. The van der Waals surface area contributed by atoms with Crippen LogP contribution in [0.4, 0.5) is 0 Å². The van der Waals surface area contributed by atoms with E-state index >= 15 is 0 Å². The van der Waals surface area contributed by atoms with Gasteiger partial charge in [0.15, 0.2) is 0 Å². The minimum atomic E-state index is -3.50. The van der Waals surface area contributed by atoms with E-state index < -0.39 is 10.0 Å². The first kappa shape index (κ1) is 23.3. The van der Waals surface area contributed by atoms with E-state index in [1.807, 2.05) is 6.92 Å². The van der Waals surface area contributed by atoms with Crippen molar-refractivity contribution in [2.75, 3.05) is 13.1 Å². The SMILES string of the molecule is C[C@H](NC(=O)[C@@H]1CCCN(S(=O)(=O)Cc2ccc(Cl)cc2)C1)c1ccc2c(c1)CCCC2.